The van der Waals surface area contributed by atoms with E-state index in [0.717, 1.165) is 50.4 Å². The van der Waals surface area contributed by atoms with Gasteiger partial charge >= 0.3 is 0 Å². The maximum absolute atomic E-state index is 6.24. The highest BCUT2D eigenvalue weighted by atomic mass is 16.5. The molecule has 210 valence electrons. The van der Waals surface area contributed by atoms with Gasteiger partial charge in [-0.3, -0.25) is 4.68 Å². The van der Waals surface area contributed by atoms with Crippen LogP contribution in [0.5, 0.6) is 23.1 Å². The zero-order valence-electron chi connectivity index (χ0n) is 23.5. The first-order valence-electron chi connectivity index (χ1n) is 13.9. The van der Waals surface area contributed by atoms with Crippen LogP contribution in [-0.4, -0.2) is 16.9 Å². The average molecular weight is 557 g/mol. The van der Waals surface area contributed by atoms with Crippen molar-refractivity contribution in [3.05, 3.63) is 150 Å². The van der Waals surface area contributed by atoms with Gasteiger partial charge in [0, 0.05) is 0 Å². The molecule has 0 radical (unpaired) electrons. The molecule has 6 rings (SSSR count). The number of rotatable bonds is 12. The molecule has 0 spiro atoms. The van der Waals surface area contributed by atoms with E-state index in [4.69, 9.17) is 24.0 Å². The summed E-state index contributed by atoms with van der Waals surface area (Å²) in [6, 6.07) is 42.3. The van der Waals surface area contributed by atoms with Gasteiger partial charge in [-0.05, 0) is 64.7 Å². The summed E-state index contributed by atoms with van der Waals surface area (Å²) in [6.07, 6.45) is 0. The number of hydrogen-bond acceptors (Lipinski definition) is 5. The van der Waals surface area contributed by atoms with Crippen molar-refractivity contribution in [2.45, 2.75) is 26.4 Å². The normalized spacial score (nSPS) is 10.9. The molecule has 5 aromatic carbocycles. The number of nitrogens with zero attached hydrogens (tertiary/aromatic N) is 2. The van der Waals surface area contributed by atoms with Crippen LogP contribution >= 0.6 is 0 Å². The lowest BCUT2D eigenvalue weighted by Crippen LogP contribution is -2.03. The van der Waals surface area contributed by atoms with Crippen molar-refractivity contribution in [2.75, 3.05) is 7.11 Å². The quantitative estimate of drug-likeness (QED) is 0.154. The van der Waals surface area contributed by atoms with Gasteiger partial charge in [-0.1, -0.05) is 84.9 Å². The van der Waals surface area contributed by atoms with Crippen LogP contribution in [0, 0.1) is 0 Å². The first-order chi connectivity index (χ1) is 20.7. The van der Waals surface area contributed by atoms with Crippen molar-refractivity contribution >= 4 is 10.9 Å². The highest BCUT2D eigenvalue weighted by molar-refractivity contribution is 5.86. The number of aromatic nitrogens is 2. The number of benzene rings is 5. The molecule has 1 heterocycles. The summed E-state index contributed by atoms with van der Waals surface area (Å²) in [5.74, 6) is 2.97. The highest BCUT2D eigenvalue weighted by Gasteiger charge is 2.14. The van der Waals surface area contributed by atoms with Crippen molar-refractivity contribution in [1.82, 2.24) is 9.78 Å². The summed E-state index contributed by atoms with van der Waals surface area (Å²) in [4.78, 5) is 0. The smallest absolute Gasteiger partial charge is 0.241 e. The molecule has 0 N–H and O–H groups in total. The number of ether oxygens (including phenoxy) is 4. The summed E-state index contributed by atoms with van der Waals surface area (Å²) in [5.41, 5.74) is 5.38. The summed E-state index contributed by atoms with van der Waals surface area (Å²) in [7, 11) is 1.66. The third kappa shape index (κ3) is 6.73. The lowest BCUT2D eigenvalue weighted by atomic mass is 10.2. The zero-order valence-corrected chi connectivity index (χ0v) is 23.5. The minimum absolute atomic E-state index is 0.385. The molecular formula is C36H32N2O4. The number of methoxy groups -OCH3 is 1. The van der Waals surface area contributed by atoms with Gasteiger partial charge in [0.25, 0.3) is 0 Å². The fourth-order valence-electron chi connectivity index (χ4n) is 4.66. The van der Waals surface area contributed by atoms with Crippen LogP contribution in [0.1, 0.15) is 22.3 Å². The lowest BCUT2D eigenvalue weighted by molar-refractivity contribution is 0.291. The van der Waals surface area contributed by atoms with Gasteiger partial charge < -0.3 is 18.9 Å². The Morgan fingerprint density at radius 3 is 1.60 bits per heavy atom. The van der Waals surface area contributed by atoms with Crippen LogP contribution in [0.2, 0.25) is 0 Å². The molecule has 0 bridgehead atoms. The first kappa shape index (κ1) is 27.0. The summed E-state index contributed by atoms with van der Waals surface area (Å²) in [6.45, 7) is 2.05. The minimum Gasteiger partial charge on any atom is -0.497 e. The van der Waals surface area contributed by atoms with E-state index in [9.17, 15) is 0 Å². The fourth-order valence-corrected chi connectivity index (χ4v) is 4.66. The Kier molecular flexibility index (Phi) is 8.32. The van der Waals surface area contributed by atoms with E-state index in [1.54, 1.807) is 7.11 Å². The Hall–Kier alpha value is -5.23. The number of fused-ring (bicyclic) bond motifs is 1. The van der Waals surface area contributed by atoms with E-state index in [2.05, 4.69) is 36.4 Å². The predicted octanol–water partition coefficient (Wildman–Crippen LogP) is 7.83. The van der Waals surface area contributed by atoms with Crippen molar-refractivity contribution in [3.63, 3.8) is 0 Å². The van der Waals surface area contributed by atoms with Crippen molar-refractivity contribution in [3.8, 4) is 23.1 Å². The van der Waals surface area contributed by atoms with Gasteiger partial charge in [-0.25, -0.2) is 0 Å². The van der Waals surface area contributed by atoms with E-state index in [0.29, 0.717) is 32.2 Å². The lowest BCUT2D eigenvalue weighted by Gasteiger charge is -2.08. The van der Waals surface area contributed by atoms with E-state index in [1.165, 1.54) is 0 Å². The van der Waals surface area contributed by atoms with Crippen molar-refractivity contribution in [2.24, 2.45) is 0 Å². The summed E-state index contributed by atoms with van der Waals surface area (Å²) in [5, 5.41) is 5.74. The van der Waals surface area contributed by atoms with Crippen LogP contribution in [0.15, 0.2) is 127 Å². The molecule has 0 saturated heterocycles. The van der Waals surface area contributed by atoms with Crippen molar-refractivity contribution in [1.29, 1.82) is 0 Å². The third-order valence-electron chi connectivity index (χ3n) is 6.97. The predicted molar refractivity (Wildman–Crippen MR) is 164 cm³/mol. The standard InChI is InChI=1S/C36H32N2O4/c1-39-33-20-21-35-34(22-33)36(42-26-30-14-18-32(19-15-30)41-25-29-10-6-3-7-11-29)37-38(35)23-27-12-16-31(17-13-27)40-24-28-8-4-2-5-9-28/h2-22H,23-26H2,1H3. The molecule has 0 amide bonds. The Bertz CT molecular complexity index is 1710. The topological polar surface area (TPSA) is 54.7 Å². The summed E-state index contributed by atoms with van der Waals surface area (Å²) < 4.78 is 25.5. The van der Waals surface area contributed by atoms with Crippen LogP contribution < -0.4 is 18.9 Å². The van der Waals surface area contributed by atoms with Crippen LogP contribution in [-0.2, 0) is 26.4 Å². The molecule has 6 nitrogen and oxygen atoms in total. The molecule has 0 fully saturated rings. The van der Waals surface area contributed by atoms with Crippen LogP contribution in [0.25, 0.3) is 10.9 Å². The second-order valence-corrected chi connectivity index (χ2v) is 9.97. The second-order valence-electron chi connectivity index (χ2n) is 9.97. The molecule has 6 aromatic rings. The van der Waals surface area contributed by atoms with Gasteiger partial charge in [-0.15, -0.1) is 5.10 Å². The van der Waals surface area contributed by atoms with Crippen molar-refractivity contribution < 1.29 is 18.9 Å². The van der Waals surface area contributed by atoms with Gasteiger partial charge in [0.05, 0.1) is 24.6 Å². The molecule has 0 aliphatic carbocycles. The molecule has 42 heavy (non-hydrogen) atoms. The van der Waals surface area contributed by atoms with Gasteiger partial charge in [0.2, 0.25) is 5.88 Å². The largest absolute Gasteiger partial charge is 0.497 e. The maximum Gasteiger partial charge on any atom is 0.241 e. The van der Waals surface area contributed by atoms with Crippen LogP contribution in [0.4, 0.5) is 0 Å². The average Bonchev–Trinajstić information content (AvgIpc) is 3.40. The zero-order chi connectivity index (χ0) is 28.6. The first-order valence-corrected chi connectivity index (χ1v) is 13.9. The Morgan fingerprint density at radius 2 is 1.02 bits per heavy atom. The van der Waals surface area contributed by atoms with Crippen LogP contribution in [0.3, 0.4) is 0 Å². The van der Waals surface area contributed by atoms with E-state index >= 15 is 0 Å². The number of hydrogen-bond donors (Lipinski definition) is 0. The monoisotopic (exact) mass is 556 g/mol. The molecule has 0 aliphatic rings. The van der Waals surface area contributed by atoms with E-state index in [1.807, 2.05) is 95.7 Å². The SMILES string of the molecule is COc1ccc2c(c1)c(OCc1ccc(OCc3ccccc3)cc1)nn2Cc1ccc(OCc2ccccc2)cc1. The highest BCUT2D eigenvalue weighted by Crippen LogP contribution is 2.30. The molecule has 0 unspecified atom stereocenters. The van der Waals surface area contributed by atoms with Gasteiger partial charge in [0.15, 0.2) is 0 Å². The Morgan fingerprint density at radius 1 is 0.524 bits per heavy atom. The molecule has 6 heteroatoms. The third-order valence-corrected chi connectivity index (χ3v) is 6.97. The molecule has 0 aliphatic heterocycles. The molecule has 0 atom stereocenters. The molecule has 0 saturated carbocycles. The Balaban J connectivity index is 1.12. The summed E-state index contributed by atoms with van der Waals surface area (Å²) >= 11 is 0. The molecule has 1 aromatic heterocycles. The Labute approximate surface area is 245 Å². The van der Waals surface area contributed by atoms with E-state index < -0.39 is 0 Å². The van der Waals surface area contributed by atoms with E-state index in [-0.39, 0.29) is 0 Å². The molecular weight excluding hydrogens is 524 g/mol. The maximum atomic E-state index is 6.24. The minimum atomic E-state index is 0.385. The van der Waals surface area contributed by atoms with Gasteiger partial charge in [0.1, 0.15) is 37.1 Å². The second kappa shape index (κ2) is 13.0. The van der Waals surface area contributed by atoms with Gasteiger partial charge in [-0.2, -0.15) is 0 Å². The fraction of sp³-hybridized carbons (Fsp3) is 0.139.